The number of aromatic amines is 1. The molecule has 20 heavy (non-hydrogen) atoms. The fourth-order valence-corrected chi connectivity index (χ4v) is 5.56. The van der Waals surface area contributed by atoms with Crippen LogP contribution in [0.5, 0.6) is 0 Å². The first-order chi connectivity index (χ1) is 9.26. The second kappa shape index (κ2) is 5.47. The number of rotatable bonds is 5. The van der Waals surface area contributed by atoms with Gasteiger partial charge in [0, 0.05) is 31.5 Å². The van der Waals surface area contributed by atoms with E-state index in [1.807, 2.05) is 0 Å². The first kappa shape index (κ1) is 15.5. The van der Waals surface area contributed by atoms with Crippen LogP contribution in [0.3, 0.4) is 0 Å². The Balaban J connectivity index is 2.21. The second-order valence-electron chi connectivity index (χ2n) is 4.97. The third-order valence-electron chi connectivity index (χ3n) is 3.48. The number of hydrogen-bond acceptors (Lipinski definition) is 5. The molecule has 1 aliphatic heterocycles. The molecule has 1 aromatic heterocycles. The molecule has 2 heterocycles. The molecule has 114 valence electrons. The van der Waals surface area contributed by atoms with Gasteiger partial charge in [0.05, 0.1) is 16.4 Å². The molecule has 1 unspecified atom stereocenters. The van der Waals surface area contributed by atoms with Crippen LogP contribution in [0.4, 0.5) is 0 Å². The maximum absolute atomic E-state index is 12.4. The molecule has 0 aromatic carbocycles. The van der Waals surface area contributed by atoms with Gasteiger partial charge >= 0.3 is 0 Å². The number of sulfone groups is 1. The predicted octanol–water partition coefficient (Wildman–Crippen LogP) is -0.458. The Morgan fingerprint density at radius 3 is 2.75 bits per heavy atom. The largest absolute Gasteiger partial charge is 0.363 e. The zero-order valence-corrected chi connectivity index (χ0v) is 13.1. The van der Waals surface area contributed by atoms with Crippen molar-refractivity contribution in [2.24, 2.45) is 0 Å². The molecule has 0 spiro atoms. The minimum absolute atomic E-state index is 0.0513. The Hall–Kier alpha value is -0.900. The summed E-state index contributed by atoms with van der Waals surface area (Å²) >= 11 is 0. The lowest BCUT2D eigenvalue weighted by Gasteiger charge is -2.21. The summed E-state index contributed by atoms with van der Waals surface area (Å²) in [5.41, 5.74) is 0.763. The summed E-state index contributed by atoms with van der Waals surface area (Å²) in [7, 11) is -3.57. The van der Waals surface area contributed by atoms with E-state index in [4.69, 9.17) is 0 Å². The van der Waals surface area contributed by atoms with Gasteiger partial charge in [-0.3, -0.25) is 0 Å². The van der Waals surface area contributed by atoms with E-state index >= 15 is 0 Å². The van der Waals surface area contributed by atoms with E-state index < -0.39 is 25.9 Å². The van der Waals surface area contributed by atoms with E-state index in [1.54, 1.807) is 13.1 Å². The van der Waals surface area contributed by atoms with E-state index in [-0.39, 0.29) is 16.4 Å². The molecule has 0 saturated carbocycles. The van der Waals surface area contributed by atoms with Gasteiger partial charge < -0.3 is 10.3 Å². The molecule has 1 fully saturated rings. The Morgan fingerprint density at radius 2 is 2.20 bits per heavy atom. The molecule has 1 aromatic rings. The Labute approximate surface area is 119 Å². The molecule has 2 rings (SSSR count). The van der Waals surface area contributed by atoms with Gasteiger partial charge in [-0.2, -0.15) is 4.31 Å². The lowest BCUT2D eigenvalue weighted by atomic mass is 10.3. The van der Waals surface area contributed by atoms with Crippen molar-refractivity contribution >= 4 is 19.9 Å². The lowest BCUT2D eigenvalue weighted by Crippen LogP contribution is -2.37. The standard InChI is InChI=1S/C11H19N3O4S2/c1-12-6-9-5-11(7-13-9)20(17,18)14(2)10-3-4-19(15,16)8-10/h5,7,10,12-13H,3-4,6,8H2,1-2H3. The fraction of sp³-hybridized carbons (Fsp3) is 0.636. The molecule has 2 N–H and O–H groups in total. The summed E-state index contributed by atoms with van der Waals surface area (Å²) in [5.74, 6) is -0.0494. The van der Waals surface area contributed by atoms with Crippen LogP contribution < -0.4 is 5.32 Å². The molecular weight excluding hydrogens is 302 g/mol. The fourth-order valence-electron chi connectivity index (χ4n) is 2.28. The first-order valence-electron chi connectivity index (χ1n) is 6.26. The molecule has 7 nitrogen and oxygen atoms in total. The minimum atomic E-state index is -3.66. The van der Waals surface area contributed by atoms with Crippen molar-refractivity contribution in [3.05, 3.63) is 18.0 Å². The van der Waals surface area contributed by atoms with Gasteiger partial charge in [-0.05, 0) is 19.5 Å². The van der Waals surface area contributed by atoms with Crippen LogP contribution in [0.25, 0.3) is 0 Å². The van der Waals surface area contributed by atoms with Gasteiger partial charge in [-0.1, -0.05) is 0 Å². The maximum Gasteiger partial charge on any atom is 0.244 e. The first-order valence-corrected chi connectivity index (χ1v) is 9.53. The van der Waals surface area contributed by atoms with Crippen molar-refractivity contribution in [3.8, 4) is 0 Å². The minimum Gasteiger partial charge on any atom is -0.363 e. The average molecular weight is 321 g/mol. The van der Waals surface area contributed by atoms with Crippen molar-refractivity contribution in [2.75, 3.05) is 25.6 Å². The summed E-state index contributed by atoms with van der Waals surface area (Å²) in [5, 5.41) is 2.92. The van der Waals surface area contributed by atoms with Crippen molar-refractivity contribution in [1.29, 1.82) is 0 Å². The van der Waals surface area contributed by atoms with Crippen molar-refractivity contribution in [1.82, 2.24) is 14.6 Å². The van der Waals surface area contributed by atoms with E-state index in [0.29, 0.717) is 13.0 Å². The molecule has 1 aliphatic rings. The average Bonchev–Trinajstić information content (AvgIpc) is 2.95. The Morgan fingerprint density at radius 1 is 1.50 bits per heavy atom. The van der Waals surface area contributed by atoms with Crippen molar-refractivity contribution < 1.29 is 16.8 Å². The third-order valence-corrected chi connectivity index (χ3v) is 7.12. The highest BCUT2D eigenvalue weighted by atomic mass is 32.2. The van der Waals surface area contributed by atoms with E-state index in [0.717, 1.165) is 5.69 Å². The highest BCUT2D eigenvalue weighted by Gasteiger charge is 2.36. The SMILES string of the molecule is CNCc1cc(S(=O)(=O)N(C)C2CCS(=O)(=O)C2)c[nH]1. The number of aromatic nitrogens is 1. The van der Waals surface area contributed by atoms with Crippen LogP contribution in [-0.4, -0.2) is 57.8 Å². The van der Waals surface area contributed by atoms with Crippen molar-refractivity contribution in [2.45, 2.75) is 23.9 Å². The highest BCUT2D eigenvalue weighted by molar-refractivity contribution is 7.92. The van der Waals surface area contributed by atoms with Crippen LogP contribution in [-0.2, 0) is 26.4 Å². The topological polar surface area (TPSA) is 99.3 Å². The van der Waals surface area contributed by atoms with Crippen molar-refractivity contribution in [3.63, 3.8) is 0 Å². The summed E-state index contributed by atoms with van der Waals surface area (Å²) < 4.78 is 49.0. The van der Waals surface area contributed by atoms with E-state index in [2.05, 4.69) is 10.3 Å². The van der Waals surface area contributed by atoms with Crippen LogP contribution in [0, 0.1) is 0 Å². The lowest BCUT2D eigenvalue weighted by molar-refractivity contribution is 0.394. The summed E-state index contributed by atoms with van der Waals surface area (Å²) in [6.45, 7) is 0.539. The zero-order valence-electron chi connectivity index (χ0n) is 11.5. The number of nitrogens with zero attached hydrogens (tertiary/aromatic N) is 1. The summed E-state index contributed by atoms with van der Waals surface area (Å²) in [6, 6.07) is 1.08. The molecular formula is C11H19N3O4S2. The highest BCUT2D eigenvalue weighted by Crippen LogP contribution is 2.23. The van der Waals surface area contributed by atoms with E-state index in [1.165, 1.54) is 17.5 Å². The van der Waals surface area contributed by atoms with Crippen LogP contribution >= 0.6 is 0 Å². The van der Waals surface area contributed by atoms with Gasteiger partial charge in [-0.25, -0.2) is 16.8 Å². The van der Waals surface area contributed by atoms with Gasteiger partial charge in [0.25, 0.3) is 0 Å². The molecule has 0 radical (unpaired) electrons. The number of H-pyrrole nitrogens is 1. The molecule has 9 heteroatoms. The predicted molar refractivity (Wildman–Crippen MR) is 75.6 cm³/mol. The Kier molecular flexibility index (Phi) is 4.24. The van der Waals surface area contributed by atoms with Gasteiger partial charge in [0.2, 0.25) is 10.0 Å². The van der Waals surface area contributed by atoms with E-state index in [9.17, 15) is 16.8 Å². The van der Waals surface area contributed by atoms with Crippen LogP contribution in [0.2, 0.25) is 0 Å². The summed E-state index contributed by atoms with van der Waals surface area (Å²) in [4.78, 5) is 3.05. The molecule has 0 amide bonds. The van der Waals surface area contributed by atoms with Crippen LogP contribution in [0.1, 0.15) is 12.1 Å². The molecule has 1 atom stereocenters. The normalized spacial score (nSPS) is 22.4. The summed E-state index contributed by atoms with van der Waals surface area (Å²) in [6.07, 6.45) is 1.79. The number of sulfonamides is 1. The maximum atomic E-state index is 12.4. The number of nitrogens with one attached hydrogen (secondary N) is 2. The van der Waals surface area contributed by atoms with Gasteiger partial charge in [0.1, 0.15) is 0 Å². The third kappa shape index (κ3) is 3.05. The van der Waals surface area contributed by atoms with Gasteiger partial charge in [0.15, 0.2) is 9.84 Å². The molecule has 0 aliphatic carbocycles. The second-order valence-corrected chi connectivity index (χ2v) is 9.20. The molecule has 1 saturated heterocycles. The molecule has 0 bridgehead atoms. The van der Waals surface area contributed by atoms with Gasteiger partial charge in [-0.15, -0.1) is 0 Å². The number of hydrogen-bond donors (Lipinski definition) is 2. The van der Waals surface area contributed by atoms with Crippen LogP contribution in [0.15, 0.2) is 17.2 Å². The Bertz CT molecular complexity index is 678. The quantitative estimate of drug-likeness (QED) is 0.765. The smallest absolute Gasteiger partial charge is 0.244 e. The monoisotopic (exact) mass is 321 g/mol. The zero-order chi connectivity index (χ0) is 15.0.